The van der Waals surface area contributed by atoms with E-state index in [2.05, 4.69) is 5.32 Å². The lowest BCUT2D eigenvalue weighted by atomic mass is 10.2. The third kappa shape index (κ3) is 3.25. The molecule has 0 saturated carbocycles. The van der Waals surface area contributed by atoms with E-state index in [0.717, 1.165) is 0 Å². The first-order chi connectivity index (χ1) is 9.90. The van der Waals surface area contributed by atoms with E-state index in [4.69, 9.17) is 16.7 Å². The molecule has 2 N–H and O–H groups in total. The van der Waals surface area contributed by atoms with Crippen molar-refractivity contribution in [3.8, 4) is 0 Å². The Kier molecular flexibility index (Phi) is 4.33. The molecule has 0 saturated heterocycles. The highest BCUT2D eigenvalue weighted by molar-refractivity contribution is 6.34. The number of carboxylic acids is 1. The SMILES string of the molecule is CC(C)n1cccc1C(=O)Nc1cc(C(=O)O)ccc1Cl. The molecule has 5 nitrogen and oxygen atoms in total. The fraction of sp³-hybridized carbons (Fsp3) is 0.200. The second kappa shape index (κ2) is 6.01. The number of carbonyl (C=O) groups is 2. The molecule has 2 aromatic rings. The first kappa shape index (κ1) is 15.1. The molecular formula is C15H15ClN2O3. The molecule has 6 heteroatoms. The average Bonchev–Trinajstić information content (AvgIpc) is 2.90. The second-order valence-electron chi connectivity index (χ2n) is 4.85. The van der Waals surface area contributed by atoms with Gasteiger partial charge < -0.3 is 15.0 Å². The summed E-state index contributed by atoms with van der Waals surface area (Å²) in [5, 5.41) is 11.9. The quantitative estimate of drug-likeness (QED) is 0.905. The molecule has 0 radical (unpaired) electrons. The molecule has 1 heterocycles. The Morgan fingerprint density at radius 1 is 1.29 bits per heavy atom. The third-order valence-corrected chi connectivity index (χ3v) is 3.36. The maximum atomic E-state index is 12.3. The average molecular weight is 307 g/mol. The first-order valence-corrected chi connectivity index (χ1v) is 6.79. The van der Waals surface area contributed by atoms with Gasteiger partial charge in [-0.3, -0.25) is 4.79 Å². The van der Waals surface area contributed by atoms with Crippen LogP contribution in [0.4, 0.5) is 5.69 Å². The molecule has 2 rings (SSSR count). The van der Waals surface area contributed by atoms with Gasteiger partial charge in [-0.25, -0.2) is 4.79 Å². The van der Waals surface area contributed by atoms with Crippen LogP contribution in [0.25, 0.3) is 0 Å². The second-order valence-corrected chi connectivity index (χ2v) is 5.26. The summed E-state index contributed by atoms with van der Waals surface area (Å²) in [6.45, 7) is 3.93. The molecule has 0 aliphatic carbocycles. The number of benzene rings is 1. The van der Waals surface area contributed by atoms with Crippen LogP contribution in [0, 0.1) is 0 Å². The Balaban J connectivity index is 2.29. The number of carbonyl (C=O) groups excluding carboxylic acids is 1. The maximum Gasteiger partial charge on any atom is 0.335 e. The Morgan fingerprint density at radius 3 is 2.62 bits per heavy atom. The number of aromatic nitrogens is 1. The van der Waals surface area contributed by atoms with Crippen molar-refractivity contribution in [2.75, 3.05) is 5.32 Å². The molecule has 0 aliphatic rings. The van der Waals surface area contributed by atoms with Gasteiger partial charge in [0, 0.05) is 12.2 Å². The van der Waals surface area contributed by atoms with Crippen molar-refractivity contribution in [2.24, 2.45) is 0 Å². The van der Waals surface area contributed by atoms with E-state index in [1.54, 1.807) is 12.1 Å². The van der Waals surface area contributed by atoms with Crippen molar-refractivity contribution in [3.63, 3.8) is 0 Å². The van der Waals surface area contributed by atoms with E-state index < -0.39 is 5.97 Å². The molecule has 0 spiro atoms. The number of nitrogens with zero attached hydrogens (tertiary/aromatic N) is 1. The Labute approximate surface area is 127 Å². The lowest BCUT2D eigenvalue weighted by Crippen LogP contribution is -2.18. The van der Waals surface area contributed by atoms with E-state index in [1.165, 1.54) is 18.2 Å². The van der Waals surface area contributed by atoms with Gasteiger partial charge in [-0.1, -0.05) is 11.6 Å². The number of hydrogen-bond acceptors (Lipinski definition) is 2. The summed E-state index contributed by atoms with van der Waals surface area (Å²) in [5.41, 5.74) is 0.828. The van der Waals surface area contributed by atoms with E-state index in [9.17, 15) is 9.59 Å². The smallest absolute Gasteiger partial charge is 0.335 e. The highest BCUT2D eigenvalue weighted by atomic mass is 35.5. The van der Waals surface area contributed by atoms with E-state index >= 15 is 0 Å². The zero-order valence-corrected chi connectivity index (χ0v) is 12.4. The summed E-state index contributed by atoms with van der Waals surface area (Å²) in [7, 11) is 0. The number of aromatic carboxylic acids is 1. The number of carboxylic acid groups (broad SMARTS) is 1. The Hall–Kier alpha value is -2.27. The van der Waals surface area contributed by atoms with Crippen LogP contribution in [0.2, 0.25) is 5.02 Å². The summed E-state index contributed by atoms with van der Waals surface area (Å²) in [6.07, 6.45) is 1.81. The van der Waals surface area contributed by atoms with Crippen molar-refractivity contribution >= 4 is 29.2 Å². The van der Waals surface area contributed by atoms with Gasteiger partial charge in [0.2, 0.25) is 0 Å². The number of halogens is 1. The fourth-order valence-electron chi connectivity index (χ4n) is 1.98. The van der Waals surface area contributed by atoms with Gasteiger partial charge in [-0.05, 0) is 44.2 Å². The van der Waals surface area contributed by atoms with Crippen molar-refractivity contribution < 1.29 is 14.7 Å². The van der Waals surface area contributed by atoms with Crippen LogP contribution < -0.4 is 5.32 Å². The van der Waals surface area contributed by atoms with Gasteiger partial charge in [0.1, 0.15) is 5.69 Å². The van der Waals surface area contributed by atoms with Crippen molar-refractivity contribution in [1.29, 1.82) is 0 Å². The van der Waals surface area contributed by atoms with Crippen LogP contribution in [0.1, 0.15) is 40.7 Å². The van der Waals surface area contributed by atoms with Gasteiger partial charge >= 0.3 is 5.97 Å². The van der Waals surface area contributed by atoms with Gasteiger partial charge in [0.25, 0.3) is 5.91 Å². The maximum absolute atomic E-state index is 12.3. The van der Waals surface area contributed by atoms with Crippen molar-refractivity contribution in [3.05, 3.63) is 52.8 Å². The molecule has 1 aromatic carbocycles. The van der Waals surface area contributed by atoms with Gasteiger partial charge in [-0.2, -0.15) is 0 Å². The molecule has 1 amide bonds. The lowest BCUT2D eigenvalue weighted by Gasteiger charge is -2.13. The molecule has 0 bridgehead atoms. The molecule has 110 valence electrons. The van der Waals surface area contributed by atoms with Crippen molar-refractivity contribution in [2.45, 2.75) is 19.9 Å². The highest BCUT2D eigenvalue weighted by Gasteiger charge is 2.15. The molecule has 1 aromatic heterocycles. The topological polar surface area (TPSA) is 71.3 Å². The molecule has 0 atom stereocenters. The van der Waals surface area contributed by atoms with Crippen LogP contribution in [-0.4, -0.2) is 21.6 Å². The minimum Gasteiger partial charge on any atom is -0.478 e. The summed E-state index contributed by atoms with van der Waals surface area (Å²) in [4.78, 5) is 23.3. The van der Waals surface area contributed by atoms with Gasteiger partial charge in [0.15, 0.2) is 0 Å². The normalized spacial score (nSPS) is 10.7. The highest BCUT2D eigenvalue weighted by Crippen LogP contribution is 2.24. The summed E-state index contributed by atoms with van der Waals surface area (Å²) in [6, 6.07) is 7.79. The molecule has 21 heavy (non-hydrogen) atoms. The number of amides is 1. The van der Waals surface area contributed by atoms with Crippen LogP contribution in [0.5, 0.6) is 0 Å². The Morgan fingerprint density at radius 2 is 2.00 bits per heavy atom. The van der Waals surface area contributed by atoms with Crippen LogP contribution in [0.3, 0.4) is 0 Å². The van der Waals surface area contributed by atoms with Crippen LogP contribution >= 0.6 is 11.6 Å². The zero-order valence-electron chi connectivity index (χ0n) is 11.6. The number of anilines is 1. The van der Waals surface area contributed by atoms with E-state index in [-0.39, 0.29) is 28.2 Å². The van der Waals surface area contributed by atoms with Crippen LogP contribution in [0.15, 0.2) is 36.5 Å². The standard InChI is InChI=1S/C15H15ClN2O3/c1-9(2)18-7-3-4-13(18)14(19)17-12-8-10(15(20)21)5-6-11(12)16/h3-9H,1-2H3,(H,17,19)(H,20,21). The third-order valence-electron chi connectivity index (χ3n) is 3.03. The lowest BCUT2D eigenvalue weighted by molar-refractivity contribution is 0.0696. The summed E-state index contributed by atoms with van der Waals surface area (Å²) in [5.74, 6) is -1.41. The molecule has 0 fully saturated rings. The molecule has 0 unspecified atom stereocenters. The predicted octanol–water partition coefficient (Wildman–Crippen LogP) is 3.67. The van der Waals surface area contributed by atoms with E-state index in [1.807, 2.05) is 24.6 Å². The number of nitrogens with one attached hydrogen (secondary N) is 1. The van der Waals surface area contributed by atoms with Crippen molar-refractivity contribution in [1.82, 2.24) is 4.57 Å². The summed E-state index contributed by atoms with van der Waals surface area (Å²) < 4.78 is 1.82. The summed E-state index contributed by atoms with van der Waals surface area (Å²) >= 11 is 5.99. The number of rotatable bonds is 4. The van der Waals surface area contributed by atoms with Crippen LogP contribution in [-0.2, 0) is 0 Å². The van der Waals surface area contributed by atoms with Gasteiger partial charge in [0.05, 0.1) is 16.3 Å². The largest absolute Gasteiger partial charge is 0.478 e. The first-order valence-electron chi connectivity index (χ1n) is 6.41. The molecular weight excluding hydrogens is 292 g/mol. The minimum absolute atomic E-state index is 0.0638. The molecule has 0 aliphatic heterocycles. The zero-order chi connectivity index (χ0) is 15.6. The predicted molar refractivity (Wildman–Crippen MR) is 81.2 cm³/mol. The monoisotopic (exact) mass is 306 g/mol. The van der Waals surface area contributed by atoms with E-state index in [0.29, 0.717) is 5.69 Å². The van der Waals surface area contributed by atoms with Gasteiger partial charge in [-0.15, -0.1) is 0 Å². The Bertz CT molecular complexity index is 692. The fourth-order valence-corrected chi connectivity index (χ4v) is 2.14. The minimum atomic E-state index is -1.08. The number of hydrogen-bond donors (Lipinski definition) is 2.